The summed E-state index contributed by atoms with van der Waals surface area (Å²) in [6, 6.07) is 6.49. The van der Waals surface area contributed by atoms with E-state index in [0.29, 0.717) is 5.56 Å². The molecule has 0 aliphatic heterocycles. The Balaban J connectivity index is 2.34. The minimum Gasteiger partial charge on any atom is -0.493 e. The average Bonchev–Trinajstić information content (AvgIpc) is 2.27. The topological polar surface area (TPSA) is 33.1 Å². The first kappa shape index (κ1) is 10.5. The Morgan fingerprint density at radius 2 is 1.94 bits per heavy atom. The largest absolute Gasteiger partial charge is 0.493 e. The molecule has 0 amide bonds. The Hall–Kier alpha value is -1.97. The third-order valence-corrected chi connectivity index (χ3v) is 2.26. The number of hydrogen-bond donors (Lipinski definition) is 1. The van der Waals surface area contributed by atoms with Crippen LogP contribution in [0.4, 0.5) is 8.78 Å². The first-order valence-electron chi connectivity index (χ1n) is 4.73. The zero-order valence-electron chi connectivity index (χ0n) is 8.32. The summed E-state index contributed by atoms with van der Waals surface area (Å²) in [5, 5.41) is 9.40. The van der Waals surface area contributed by atoms with Crippen molar-refractivity contribution in [2.45, 2.75) is 6.42 Å². The van der Waals surface area contributed by atoms with Crippen molar-refractivity contribution in [3.63, 3.8) is 0 Å². The molecular formula is C12H9F2NO. The molecule has 1 aromatic carbocycles. The number of pyridine rings is 1. The van der Waals surface area contributed by atoms with Crippen molar-refractivity contribution in [3.05, 3.63) is 59.3 Å². The SMILES string of the molecule is Oc1ncccc1Cc1cc(F)ccc1F. The molecule has 0 spiro atoms. The maximum Gasteiger partial charge on any atom is 0.214 e. The summed E-state index contributed by atoms with van der Waals surface area (Å²) in [6.07, 6.45) is 1.55. The van der Waals surface area contributed by atoms with Crippen molar-refractivity contribution in [2.75, 3.05) is 0 Å². The molecule has 1 heterocycles. The Labute approximate surface area is 91.2 Å². The van der Waals surface area contributed by atoms with Gasteiger partial charge in [0, 0.05) is 18.2 Å². The Bertz CT molecular complexity index is 514. The monoisotopic (exact) mass is 221 g/mol. The van der Waals surface area contributed by atoms with E-state index < -0.39 is 11.6 Å². The molecule has 0 atom stereocenters. The predicted octanol–water partition coefficient (Wildman–Crippen LogP) is 2.66. The molecule has 1 aromatic heterocycles. The third-order valence-electron chi connectivity index (χ3n) is 2.26. The lowest BCUT2D eigenvalue weighted by atomic mass is 10.1. The third kappa shape index (κ3) is 2.16. The van der Waals surface area contributed by atoms with E-state index in [1.54, 1.807) is 12.1 Å². The normalized spacial score (nSPS) is 10.4. The fourth-order valence-electron chi connectivity index (χ4n) is 1.45. The van der Waals surface area contributed by atoms with Crippen LogP contribution in [0.1, 0.15) is 11.1 Å². The summed E-state index contributed by atoms with van der Waals surface area (Å²) in [5.74, 6) is -1.16. The highest BCUT2D eigenvalue weighted by Gasteiger charge is 2.08. The van der Waals surface area contributed by atoms with Gasteiger partial charge in [-0.3, -0.25) is 0 Å². The van der Waals surface area contributed by atoms with Gasteiger partial charge in [0.2, 0.25) is 5.88 Å². The van der Waals surface area contributed by atoms with Crippen molar-refractivity contribution in [3.8, 4) is 5.88 Å². The van der Waals surface area contributed by atoms with Crippen LogP contribution in [0.25, 0.3) is 0 Å². The summed E-state index contributed by atoms with van der Waals surface area (Å²) in [6.45, 7) is 0. The van der Waals surface area contributed by atoms with Crippen LogP contribution in [-0.4, -0.2) is 10.1 Å². The number of nitrogens with zero attached hydrogens (tertiary/aromatic N) is 1. The van der Waals surface area contributed by atoms with Gasteiger partial charge in [0.15, 0.2) is 0 Å². The predicted molar refractivity (Wildman–Crippen MR) is 55.1 cm³/mol. The summed E-state index contributed by atoms with van der Waals surface area (Å²) in [7, 11) is 0. The van der Waals surface area contributed by atoms with E-state index >= 15 is 0 Å². The van der Waals surface area contributed by atoms with E-state index in [4.69, 9.17) is 0 Å². The second-order valence-electron chi connectivity index (χ2n) is 3.40. The second-order valence-corrected chi connectivity index (χ2v) is 3.40. The van der Waals surface area contributed by atoms with Gasteiger partial charge in [0.1, 0.15) is 11.6 Å². The van der Waals surface area contributed by atoms with Crippen LogP contribution < -0.4 is 0 Å². The van der Waals surface area contributed by atoms with Gasteiger partial charge in [-0.1, -0.05) is 6.07 Å². The van der Waals surface area contributed by atoms with Crippen LogP contribution in [0.5, 0.6) is 5.88 Å². The standard InChI is InChI=1S/C12H9F2NO/c13-10-3-4-11(14)9(7-10)6-8-2-1-5-15-12(8)16/h1-5,7H,6H2,(H,15,16). The van der Waals surface area contributed by atoms with Crippen molar-refractivity contribution in [2.24, 2.45) is 0 Å². The van der Waals surface area contributed by atoms with Gasteiger partial charge in [-0.15, -0.1) is 0 Å². The van der Waals surface area contributed by atoms with Crippen molar-refractivity contribution < 1.29 is 13.9 Å². The molecular weight excluding hydrogens is 212 g/mol. The van der Waals surface area contributed by atoms with Crippen LogP contribution in [0.2, 0.25) is 0 Å². The summed E-state index contributed by atoms with van der Waals surface area (Å²) < 4.78 is 26.2. The Morgan fingerprint density at radius 3 is 2.69 bits per heavy atom. The average molecular weight is 221 g/mol. The number of benzene rings is 1. The van der Waals surface area contributed by atoms with E-state index in [9.17, 15) is 13.9 Å². The number of aromatic nitrogens is 1. The maximum atomic E-state index is 13.3. The smallest absolute Gasteiger partial charge is 0.214 e. The van der Waals surface area contributed by atoms with Gasteiger partial charge in [-0.25, -0.2) is 13.8 Å². The number of halogens is 2. The fraction of sp³-hybridized carbons (Fsp3) is 0.0833. The lowest BCUT2D eigenvalue weighted by Gasteiger charge is -2.04. The lowest BCUT2D eigenvalue weighted by molar-refractivity contribution is 0.447. The van der Waals surface area contributed by atoms with E-state index in [-0.39, 0.29) is 17.9 Å². The highest BCUT2D eigenvalue weighted by atomic mass is 19.1. The molecule has 2 aromatic rings. The van der Waals surface area contributed by atoms with Gasteiger partial charge in [-0.2, -0.15) is 0 Å². The molecule has 0 saturated heterocycles. The van der Waals surface area contributed by atoms with E-state index in [2.05, 4.69) is 4.98 Å². The number of aromatic hydroxyl groups is 1. The summed E-state index contributed by atoms with van der Waals surface area (Å²) in [4.78, 5) is 3.67. The van der Waals surface area contributed by atoms with E-state index in [1.807, 2.05) is 0 Å². The van der Waals surface area contributed by atoms with Crippen LogP contribution >= 0.6 is 0 Å². The zero-order valence-corrected chi connectivity index (χ0v) is 8.32. The van der Waals surface area contributed by atoms with Gasteiger partial charge < -0.3 is 5.11 Å². The van der Waals surface area contributed by atoms with Crippen molar-refractivity contribution in [1.82, 2.24) is 4.98 Å². The minimum absolute atomic E-state index is 0.114. The fourth-order valence-corrected chi connectivity index (χ4v) is 1.45. The van der Waals surface area contributed by atoms with Gasteiger partial charge in [-0.05, 0) is 29.8 Å². The molecule has 16 heavy (non-hydrogen) atoms. The zero-order chi connectivity index (χ0) is 11.5. The molecule has 0 bridgehead atoms. The Kier molecular flexibility index (Phi) is 2.81. The molecule has 0 fully saturated rings. The molecule has 0 aliphatic rings. The van der Waals surface area contributed by atoms with Crippen molar-refractivity contribution in [1.29, 1.82) is 0 Å². The van der Waals surface area contributed by atoms with E-state index in [1.165, 1.54) is 6.20 Å². The quantitative estimate of drug-likeness (QED) is 0.845. The number of hydrogen-bond acceptors (Lipinski definition) is 2. The Morgan fingerprint density at radius 1 is 1.12 bits per heavy atom. The molecule has 82 valence electrons. The summed E-state index contributed by atoms with van der Waals surface area (Å²) >= 11 is 0. The minimum atomic E-state index is -0.500. The molecule has 0 aliphatic carbocycles. The van der Waals surface area contributed by atoms with Crippen LogP contribution in [0, 0.1) is 11.6 Å². The molecule has 1 N–H and O–H groups in total. The lowest BCUT2D eigenvalue weighted by Crippen LogP contribution is -1.95. The van der Waals surface area contributed by atoms with Gasteiger partial charge in [0.05, 0.1) is 0 Å². The second kappa shape index (κ2) is 4.26. The van der Waals surface area contributed by atoms with Gasteiger partial charge in [0.25, 0.3) is 0 Å². The maximum absolute atomic E-state index is 13.3. The van der Waals surface area contributed by atoms with Gasteiger partial charge >= 0.3 is 0 Å². The van der Waals surface area contributed by atoms with Crippen molar-refractivity contribution >= 4 is 0 Å². The summed E-state index contributed by atoms with van der Waals surface area (Å²) in [5.41, 5.74) is 0.662. The highest BCUT2D eigenvalue weighted by molar-refractivity contribution is 5.32. The molecule has 4 heteroatoms. The first-order valence-corrected chi connectivity index (χ1v) is 4.73. The molecule has 0 unspecified atom stereocenters. The molecule has 0 saturated carbocycles. The molecule has 2 nitrogen and oxygen atoms in total. The highest BCUT2D eigenvalue weighted by Crippen LogP contribution is 2.19. The van der Waals surface area contributed by atoms with Crippen LogP contribution in [-0.2, 0) is 6.42 Å². The first-order chi connectivity index (χ1) is 7.66. The molecule has 2 rings (SSSR count). The molecule has 0 radical (unpaired) electrons. The van der Waals surface area contributed by atoms with Crippen LogP contribution in [0.3, 0.4) is 0 Å². The van der Waals surface area contributed by atoms with Crippen LogP contribution in [0.15, 0.2) is 36.5 Å². The number of rotatable bonds is 2. The van der Waals surface area contributed by atoms with E-state index in [0.717, 1.165) is 18.2 Å².